The van der Waals surface area contributed by atoms with Crippen molar-refractivity contribution in [3.05, 3.63) is 90.5 Å². The first-order valence-electron chi connectivity index (χ1n) is 11.8. The lowest BCUT2D eigenvalue weighted by Gasteiger charge is -2.41. The zero-order valence-corrected chi connectivity index (χ0v) is 18.5. The van der Waals surface area contributed by atoms with E-state index in [2.05, 4.69) is 31.4 Å². The van der Waals surface area contributed by atoms with Crippen LogP contribution in [0.2, 0.25) is 0 Å². The molecule has 0 saturated heterocycles. The highest BCUT2D eigenvalue weighted by atomic mass is 16.5. The molecule has 2 heteroatoms. The number of carbonyl (C=O) groups excluding carboxylic acids is 1. The highest BCUT2D eigenvalue weighted by molar-refractivity contribution is 5.91. The third-order valence-electron chi connectivity index (χ3n) is 7.38. The van der Waals surface area contributed by atoms with Crippen molar-refractivity contribution in [2.24, 2.45) is 17.8 Å². The molecule has 0 aliphatic heterocycles. The van der Waals surface area contributed by atoms with Gasteiger partial charge in [-0.1, -0.05) is 36.4 Å². The maximum absolute atomic E-state index is 12.6. The van der Waals surface area contributed by atoms with Crippen molar-refractivity contribution in [3.63, 3.8) is 0 Å². The molecule has 0 amide bonds. The van der Waals surface area contributed by atoms with Crippen molar-refractivity contribution >= 4 is 5.97 Å². The van der Waals surface area contributed by atoms with E-state index in [1.165, 1.54) is 49.7 Å². The van der Waals surface area contributed by atoms with E-state index in [1.54, 1.807) is 0 Å². The quantitative estimate of drug-likeness (QED) is 0.266. The van der Waals surface area contributed by atoms with Gasteiger partial charge < -0.3 is 4.74 Å². The van der Waals surface area contributed by atoms with Crippen LogP contribution < -0.4 is 4.74 Å². The summed E-state index contributed by atoms with van der Waals surface area (Å²) >= 11 is 0. The third kappa shape index (κ3) is 5.36. The molecule has 2 aliphatic carbocycles. The lowest BCUT2D eigenvalue weighted by atomic mass is 9.64. The SMILES string of the molecule is C=CCCc1ccc(OC(=O)c2ccc(C3CCC4CC(C=C)CCC4C3)cc2)cc1. The summed E-state index contributed by atoms with van der Waals surface area (Å²) < 4.78 is 5.57. The largest absolute Gasteiger partial charge is 0.423 e. The molecule has 0 N–H and O–H groups in total. The summed E-state index contributed by atoms with van der Waals surface area (Å²) in [4.78, 5) is 12.6. The van der Waals surface area contributed by atoms with E-state index in [4.69, 9.17) is 4.74 Å². The number of hydrogen-bond donors (Lipinski definition) is 0. The first-order chi connectivity index (χ1) is 15.2. The van der Waals surface area contributed by atoms with Gasteiger partial charge in [0.05, 0.1) is 5.56 Å². The summed E-state index contributed by atoms with van der Waals surface area (Å²) in [5.41, 5.74) is 3.20. The van der Waals surface area contributed by atoms with E-state index in [1.807, 2.05) is 42.5 Å². The van der Waals surface area contributed by atoms with Gasteiger partial charge in [0.25, 0.3) is 0 Å². The Morgan fingerprint density at radius 2 is 1.61 bits per heavy atom. The van der Waals surface area contributed by atoms with Gasteiger partial charge in [0.1, 0.15) is 5.75 Å². The second-order valence-electron chi connectivity index (χ2n) is 9.32. The van der Waals surface area contributed by atoms with Crippen LogP contribution in [0.4, 0.5) is 0 Å². The Labute approximate surface area is 187 Å². The number of esters is 1. The van der Waals surface area contributed by atoms with Gasteiger partial charge in [0.2, 0.25) is 0 Å². The number of hydrogen-bond acceptors (Lipinski definition) is 2. The van der Waals surface area contributed by atoms with Gasteiger partial charge in [-0.15, -0.1) is 13.2 Å². The molecular formula is C29H34O2. The number of allylic oxidation sites excluding steroid dienone is 2. The molecule has 0 spiro atoms. The minimum Gasteiger partial charge on any atom is -0.423 e. The average Bonchev–Trinajstić information content (AvgIpc) is 2.83. The first kappa shape index (κ1) is 21.6. The summed E-state index contributed by atoms with van der Waals surface area (Å²) in [6, 6.07) is 15.9. The highest BCUT2D eigenvalue weighted by Gasteiger charge is 2.35. The highest BCUT2D eigenvalue weighted by Crippen LogP contribution is 2.47. The minimum absolute atomic E-state index is 0.295. The molecule has 162 valence electrons. The molecule has 4 atom stereocenters. The smallest absolute Gasteiger partial charge is 0.343 e. The van der Waals surface area contributed by atoms with Crippen LogP contribution in [0.25, 0.3) is 0 Å². The number of benzene rings is 2. The monoisotopic (exact) mass is 414 g/mol. The fourth-order valence-electron chi connectivity index (χ4n) is 5.49. The van der Waals surface area contributed by atoms with E-state index in [9.17, 15) is 4.79 Å². The molecule has 4 unspecified atom stereocenters. The third-order valence-corrected chi connectivity index (χ3v) is 7.38. The van der Waals surface area contributed by atoms with Gasteiger partial charge in [-0.3, -0.25) is 0 Å². The lowest BCUT2D eigenvalue weighted by Crippen LogP contribution is -2.29. The molecule has 31 heavy (non-hydrogen) atoms. The van der Waals surface area contributed by atoms with Crippen LogP contribution in [-0.4, -0.2) is 5.97 Å². The number of fused-ring (bicyclic) bond motifs is 1. The van der Waals surface area contributed by atoms with Crippen LogP contribution in [0.15, 0.2) is 73.8 Å². The van der Waals surface area contributed by atoms with E-state index >= 15 is 0 Å². The average molecular weight is 415 g/mol. The number of rotatable bonds is 7. The lowest BCUT2D eigenvalue weighted by molar-refractivity contribution is 0.0734. The maximum atomic E-state index is 12.6. The maximum Gasteiger partial charge on any atom is 0.343 e. The van der Waals surface area contributed by atoms with Crippen LogP contribution >= 0.6 is 0 Å². The molecule has 2 aromatic rings. The molecule has 2 saturated carbocycles. The second-order valence-corrected chi connectivity index (χ2v) is 9.32. The Hall–Kier alpha value is -2.61. The van der Waals surface area contributed by atoms with Crippen molar-refractivity contribution in [3.8, 4) is 5.75 Å². The minimum atomic E-state index is -0.295. The molecule has 4 rings (SSSR count). The molecule has 0 radical (unpaired) electrons. The molecule has 2 fully saturated rings. The van der Waals surface area contributed by atoms with Crippen LogP contribution in [-0.2, 0) is 6.42 Å². The van der Waals surface area contributed by atoms with E-state index < -0.39 is 0 Å². The Kier molecular flexibility index (Phi) is 7.06. The standard InChI is InChI=1S/C29H34O2/c1-3-5-6-22-8-17-28(18-9-22)31-29(30)24-13-11-23(12-14-24)26-16-15-25-19-21(4-2)7-10-27(25)20-26/h3-4,8-9,11-14,17-18,21,25-27H,1-2,5-7,10,15-16,19-20H2. The van der Waals surface area contributed by atoms with Crippen LogP contribution in [0.5, 0.6) is 5.75 Å². The fourth-order valence-corrected chi connectivity index (χ4v) is 5.49. The molecular weight excluding hydrogens is 380 g/mol. The van der Waals surface area contributed by atoms with Crippen LogP contribution in [0.3, 0.4) is 0 Å². The van der Waals surface area contributed by atoms with E-state index in [-0.39, 0.29) is 5.97 Å². The van der Waals surface area contributed by atoms with Gasteiger partial charge in [0, 0.05) is 0 Å². The van der Waals surface area contributed by atoms with Gasteiger partial charge in [-0.05, 0) is 110 Å². The molecule has 2 nitrogen and oxygen atoms in total. The molecule has 0 aromatic heterocycles. The Morgan fingerprint density at radius 1 is 0.903 bits per heavy atom. The first-order valence-corrected chi connectivity index (χ1v) is 11.8. The topological polar surface area (TPSA) is 26.3 Å². The Morgan fingerprint density at radius 3 is 2.32 bits per heavy atom. The predicted octanol–water partition coefficient (Wildman–Crippen LogP) is 7.51. The zero-order chi connectivity index (χ0) is 21.6. The van der Waals surface area contributed by atoms with Gasteiger partial charge in [0.15, 0.2) is 0 Å². The zero-order valence-electron chi connectivity index (χ0n) is 18.5. The van der Waals surface area contributed by atoms with Gasteiger partial charge >= 0.3 is 5.97 Å². The summed E-state index contributed by atoms with van der Waals surface area (Å²) in [5.74, 6) is 3.38. The fraction of sp³-hybridized carbons (Fsp3) is 0.414. The Balaban J connectivity index is 1.33. The summed E-state index contributed by atoms with van der Waals surface area (Å²) in [7, 11) is 0. The Bertz CT molecular complexity index is 893. The van der Waals surface area contributed by atoms with E-state index in [0.717, 1.165) is 30.6 Å². The molecule has 2 aliphatic rings. The summed E-state index contributed by atoms with van der Waals surface area (Å²) in [5, 5.41) is 0. The van der Waals surface area contributed by atoms with Crippen molar-refractivity contribution in [1.29, 1.82) is 0 Å². The van der Waals surface area contributed by atoms with Gasteiger partial charge in [-0.2, -0.15) is 0 Å². The van der Waals surface area contributed by atoms with Crippen molar-refractivity contribution < 1.29 is 9.53 Å². The van der Waals surface area contributed by atoms with Crippen LogP contribution in [0.1, 0.15) is 72.3 Å². The summed E-state index contributed by atoms with van der Waals surface area (Å²) in [6.07, 6.45) is 13.8. The summed E-state index contributed by atoms with van der Waals surface area (Å²) in [6.45, 7) is 7.76. The van der Waals surface area contributed by atoms with Crippen molar-refractivity contribution in [1.82, 2.24) is 0 Å². The number of aryl methyl sites for hydroxylation is 1. The molecule has 2 aromatic carbocycles. The molecule has 0 bridgehead atoms. The van der Waals surface area contributed by atoms with Gasteiger partial charge in [-0.25, -0.2) is 4.79 Å². The van der Waals surface area contributed by atoms with Crippen molar-refractivity contribution in [2.75, 3.05) is 0 Å². The molecule has 0 heterocycles. The second kappa shape index (κ2) is 10.1. The van der Waals surface area contributed by atoms with Crippen molar-refractivity contribution in [2.45, 2.75) is 57.3 Å². The number of ether oxygens (including phenoxy) is 1. The van der Waals surface area contributed by atoms with E-state index in [0.29, 0.717) is 17.2 Å². The van der Waals surface area contributed by atoms with Crippen LogP contribution in [0, 0.1) is 17.8 Å². The normalized spacial score (nSPS) is 25.3. The number of carbonyl (C=O) groups is 1. The predicted molar refractivity (Wildman–Crippen MR) is 127 cm³/mol.